The molecule has 0 saturated heterocycles. The maximum atomic E-state index is 11.7. The molecule has 0 aromatic rings. The molecule has 0 atom stereocenters. The van der Waals surface area contributed by atoms with Crippen molar-refractivity contribution in [1.29, 1.82) is 0 Å². The average molecular weight is 226 g/mol. The summed E-state index contributed by atoms with van der Waals surface area (Å²) in [6.45, 7) is 2.97. The Balaban J connectivity index is 2.17. The Morgan fingerprint density at radius 2 is 1.94 bits per heavy atom. The molecule has 1 rings (SSSR count). The summed E-state index contributed by atoms with van der Waals surface area (Å²) in [7, 11) is 0. The molecule has 0 spiro atoms. The number of hydrogen-bond acceptors (Lipinski definition) is 2. The fourth-order valence-corrected chi connectivity index (χ4v) is 2.42. The number of amides is 1. The van der Waals surface area contributed by atoms with Gasteiger partial charge in [0.15, 0.2) is 0 Å². The van der Waals surface area contributed by atoms with Crippen LogP contribution in [0.15, 0.2) is 0 Å². The maximum Gasteiger partial charge on any atom is 0.221 e. The van der Waals surface area contributed by atoms with Crippen LogP contribution in [0.25, 0.3) is 0 Å². The summed E-state index contributed by atoms with van der Waals surface area (Å²) >= 11 is 0. The fraction of sp³-hybridized carbons (Fsp3) is 0.923. The molecular formula is C13H26N2O. The van der Waals surface area contributed by atoms with Crippen molar-refractivity contribution in [1.82, 2.24) is 5.32 Å². The highest BCUT2D eigenvalue weighted by Crippen LogP contribution is 2.28. The Kier molecular flexibility index (Phi) is 5.81. The first-order chi connectivity index (χ1) is 7.66. The number of carbonyl (C=O) groups is 1. The highest BCUT2D eigenvalue weighted by molar-refractivity contribution is 5.77. The molecule has 1 aliphatic carbocycles. The summed E-state index contributed by atoms with van der Waals surface area (Å²) in [5, 5.41) is 2.97. The molecule has 3 nitrogen and oxygen atoms in total. The lowest BCUT2D eigenvalue weighted by Crippen LogP contribution is -2.46. The van der Waals surface area contributed by atoms with Gasteiger partial charge in [-0.2, -0.15) is 0 Å². The Bertz CT molecular complexity index is 210. The summed E-state index contributed by atoms with van der Waals surface area (Å²) < 4.78 is 0. The lowest BCUT2D eigenvalue weighted by Gasteiger charge is -2.32. The van der Waals surface area contributed by atoms with Crippen molar-refractivity contribution in [2.45, 2.75) is 70.3 Å². The van der Waals surface area contributed by atoms with Gasteiger partial charge in [-0.3, -0.25) is 4.79 Å². The first kappa shape index (κ1) is 13.5. The van der Waals surface area contributed by atoms with Crippen LogP contribution in [0.4, 0.5) is 0 Å². The standard InChI is InChI=1S/C13H26N2O/c1-2-3-7-10-15-12(16)11-13(14)8-5-4-6-9-13/h2-11,14H2,1H3,(H,15,16). The van der Waals surface area contributed by atoms with E-state index in [-0.39, 0.29) is 11.4 Å². The van der Waals surface area contributed by atoms with E-state index < -0.39 is 0 Å². The molecule has 3 N–H and O–H groups in total. The van der Waals surface area contributed by atoms with Crippen LogP contribution < -0.4 is 11.1 Å². The van der Waals surface area contributed by atoms with Crippen molar-refractivity contribution in [2.75, 3.05) is 6.54 Å². The van der Waals surface area contributed by atoms with Crippen LogP contribution in [0.3, 0.4) is 0 Å². The topological polar surface area (TPSA) is 55.1 Å². The van der Waals surface area contributed by atoms with E-state index in [1.54, 1.807) is 0 Å². The van der Waals surface area contributed by atoms with Gasteiger partial charge in [-0.15, -0.1) is 0 Å². The third-order valence-electron chi connectivity index (χ3n) is 3.46. The van der Waals surface area contributed by atoms with Crippen LogP contribution in [0.1, 0.15) is 64.7 Å². The normalized spacial score (nSPS) is 19.4. The fourth-order valence-electron chi connectivity index (χ4n) is 2.42. The van der Waals surface area contributed by atoms with Gasteiger partial charge in [0.25, 0.3) is 0 Å². The first-order valence-electron chi connectivity index (χ1n) is 6.72. The van der Waals surface area contributed by atoms with E-state index in [0.29, 0.717) is 6.42 Å². The Hall–Kier alpha value is -0.570. The van der Waals surface area contributed by atoms with E-state index in [0.717, 1.165) is 25.8 Å². The van der Waals surface area contributed by atoms with Gasteiger partial charge in [-0.05, 0) is 19.3 Å². The van der Waals surface area contributed by atoms with Crippen LogP contribution in [-0.2, 0) is 4.79 Å². The van der Waals surface area contributed by atoms with Crippen LogP contribution in [0.2, 0.25) is 0 Å². The molecule has 0 aliphatic heterocycles. The summed E-state index contributed by atoms with van der Waals surface area (Å²) in [6.07, 6.45) is 9.63. The Morgan fingerprint density at radius 3 is 2.56 bits per heavy atom. The first-order valence-corrected chi connectivity index (χ1v) is 6.72. The average Bonchev–Trinajstić information content (AvgIpc) is 2.25. The number of rotatable bonds is 6. The van der Waals surface area contributed by atoms with Crippen molar-refractivity contribution >= 4 is 5.91 Å². The molecule has 0 radical (unpaired) electrons. The predicted molar refractivity (Wildman–Crippen MR) is 67.2 cm³/mol. The second-order valence-electron chi connectivity index (χ2n) is 5.16. The zero-order valence-electron chi connectivity index (χ0n) is 10.6. The zero-order chi connectivity index (χ0) is 11.9. The third kappa shape index (κ3) is 4.97. The molecule has 1 amide bonds. The van der Waals surface area contributed by atoms with Gasteiger partial charge in [0.1, 0.15) is 0 Å². The number of hydrogen-bond donors (Lipinski definition) is 2. The van der Waals surface area contributed by atoms with E-state index in [1.807, 2.05) is 0 Å². The van der Waals surface area contributed by atoms with Gasteiger partial charge < -0.3 is 11.1 Å². The van der Waals surface area contributed by atoms with Crippen LogP contribution >= 0.6 is 0 Å². The molecule has 0 bridgehead atoms. The van der Waals surface area contributed by atoms with Gasteiger partial charge in [0.05, 0.1) is 0 Å². The minimum Gasteiger partial charge on any atom is -0.356 e. The van der Waals surface area contributed by atoms with Crippen molar-refractivity contribution in [3.63, 3.8) is 0 Å². The van der Waals surface area contributed by atoms with E-state index in [4.69, 9.17) is 5.73 Å². The Labute approximate surface area is 99.2 Å². The van der Waals surface area contributed by atoms with Crippen LogP contribution in [-0.4, -0.2) is 18.0 Å². The molecule has 16 heavy (non-hydrogen) atoms. The third-order valence-corrected chi connectivity index (χ3v) is 3.46. The SMILES string of the molecule is CCCCCNC(=O)CC1(N)CCCCC1. The van der Waals surface area contributed by atoms with Gasteiger partial charge in [0.2, 0.25) is 5.91 Å². The lowest BCUT2D eigenvalue weighted by atomic mass is 9.80. The quantitative estimate of drug-likeness (QED) is 0.683. The highest BCUT2D eigenvalue weighted by Gasteiger charge is 2.29. The molecule has 0 aromatic carbocycles. The summed E-state index contributed by atoms with van der Waals surface area (Å²) in [5.74, 6) is 0.139. The predicted octanol–water partition coefficient (Wildman–Crippen LogP) is 2.34. The van der Waals surface area contributed by atoms with Crippen LogP contribution in [0, 0.1) is 0 Å². The number of nitrogens with two attached hydrogens (primary N) is 1. The van der Waals surface area contributed by atoms with E-state index in [1.165, 1.54) is 32.1 Å². The van der Waals surface area contributed by atoms with Gasteiger partial charge in [-0.25, -0.2) is 0 Å². The monoisotopic (exact) mass is 226 g/mol. The molecule has 0 heterocycles. The number of nitrogens with one attached hydrogen (secondary N) is 1. The van der Waals surface area contributed by atoms with Crippen molar-refractivity contribution in [2.24, 2.45) is 5.73 Å². The molecule has 0 aromatic heterocycles. The van der Waals surface area contributed by atoms with E-state index >= 15 is 0 Å². The second-order valence-corrected chi connectivity index (χ2v) is 5.16. The smallest absolute Gasteiger partial charge is 0.221 e. The van der Waals surface area contributed by atoms with E-state index in [2.05, 4.69) is 12.2 Å². The van der Waals surface area contributed by atoms with Gasteiger partial charge >= 0.3 is 0 Å². The summed E-state index contributed by atoms with van der Waals surface area (Å²) in [4.78, 5) is 11.7. The van der Waals surface area contributed by atoms with Gasteiger partial charge in [-0.1, -0.05) is 39.0 Å². The van der Waals surface area contributed by atoms with E-state index in [9.17, 15) is 4.79 Å². The highest BCUT2D eigenvalue weighted by atomic mass is 16.1. The van der Waals surface area contributed by atoms with Crippen molar-refractivity contribution in [3.8, 4) is 0 Å². The Morgan fingerprint density at radius 1 is 1.25 bits per heavy atom. The second kappa shape index (κ2) is 6.89. The zero-order valence-corrected chi connectivity index (χ0v) is 10.6. The molecule has 94 valence electrons. The summed E-state index contributed by atoms with van der Waals surface area (Å²) in [6, 6.07) is 0. The molecule has 3 heteroatoms. The number of carbonyl (C=O) groups excluding carboxylic acids is 1. The minimum absolute atomic E-state index is 0.139. The minimum atomic E-state index is -0.215. The number of unbranched alkanes of at least 4 members (excludes halogenated alkanes) is 2. The molecule has 1 aliphatic rings. The van der Waals surface area contributed by atoms with Gasteiger partial charge in [0, 0.05) is 18.5 Å². The lowest BCUT2D eigenvalue weighted by molar-refractivity contribution is -0.122. The van der Waals surface area contributed by atoms with Crippen molar-refractivity contribution < 1.29 is 4.79 Å². The summed E-state index contributed by atoms with van der Waals surface area (Å²) in [5.41, 5.74) is 6.01. The molecule has 1 fully saturated rings. The molecular weight excluding hydrogens is 200 g/mol. The largest absolute Gasteiger partial charge is 0.356 e. The van der Waals surface area contributed by atoms with Crippen molar-refractivity contribution in [3.05, 3.63) is 0 Å². The molecule has 1 saturated carbocycles. The maximum absolute atomic E-state index is 11.7. The van der Waals surface area contributed by atoms with Crippen LogP contribution in [0.5, 0.6) is 0 Å². The molecule has 0 unspecified atom stereocenters.